The van der Waals surface area contributed by atoms with Crippen molar-refractivity contribution in [2.75, 3.05) is 27.7 Å². The van der Waals surface area contributed by atoms with E-state index in [-0.39, 0.29) is 12.5 Å². The first kappa shape index (κ1) is 17.5. The summed E-state index contributed by atoms with van der Waals surface area (Å²) in [5, 5.41) is 2.43. The van der Waals surface area contributed by atoms with Crippen LogP contribution in [0, 0.1) is 0 Å². The Morgan fingerprint density at radius 3 is 2.27 bits per heavy atom. The third kappa shape index (κ3) is 5.08. The normalized spacial score (nSPS) is 11.3. The number of methoxy groups -OCH3 is 1. The molecular formula is C15H20N2O5. The third-order valence-electron chi connectivity index (χ3n) is 2.84. The summed E-state index contributed by atoms with van der Waals surface area (Å²) < 4.78 is 9.92. The zero-order valence-electron chi connectivity index (χ0n) is 13.1. The molecule has 1 aromatic rings. The summed E-state index contributed by atoms with van der Waals surface area (Å²) in [5.74, 6) is -0.780. The van der Waals surface area contributed by atoms with Gasteiger partial charge in [-0.15, -0.1) is 0 Å². The summed E-state index contributed by atoms with van der Waals surface area (Å²) in [6.45, 7) is 1.17. The molecule has 0 spiro atoms. The Hall–Kier alpha value is -2.57. The average Bonchev–Trinajstić information content (AvgIpc) is 2.51. The topological polar surface area (TPSA) is 84.9 Å². The smallest absolute Gasteiger partial charge is 0.326 e. The van der Waals surface area contributed by atoms with E-state index in [0.29, 0.717) is 11.3 Å². The number of nitrogens with one attached hydrogen (secondary N) is 1. The molecule has 0 radical (unpaired) electrons. The van der Waals surface area contributed by atoms with Crippen molar-refractivity contribution in [1.29, 1.82) is 0 Å². The van der Waals surface area contributed by atoms with E-state index in [2.05, 4.69) is 5.32 Å². The van der Waals surface area contributed by atoms with E-state index < -0.39 is 18.0 Å². The van der Waals surface area contributed by atoms with E-state index in [1.807, 2.05) is 0 Å². The highest BCUT2D eigenvalue weighted by Gasteiger charge is 2.19. The van der Waals surface area contributed by atoms with Crippen LogP contribution in [0.25, 0.3) is 0 Å². The Morgan fingerprint density at radius 2 is 1.77 bits per heavy atom. The van der Waals surface area contributed by atoms with Crippen LogP contribution in [0.5, 0.6) is 5.75 Å². The van der Waals surface area contributed by atoms with Gasteiger partial charge in [-0.25, -0.2) is 0 Å². The lowest BCUT2D eigenvalue weighted by Gasteiger charge is -2.17. The van der Waals surface area contributed by atoms with Gasteiger partial charge in [0.25, 0.3) is 11.8 Å². The number of carbonyl (C=O) groups excluding carboxylic acids is 3. The molecule has 0 fully saturated rings. The number of nitrogens with zero attached hydrogens (tertiary/aromatic N) is 1. The number of hydrogen-bond donors (Lipinski definition) is 1. The zero-order valence-corrected chi connectivity index (χ0v) is 13.1. The predicted molar refractivity (Wildman–Crippen MR) is 79.6 cm³/mol. The van der Waals surface area contributed by atoms with Gasteiger partial charge in [0.2, 0.25) is 0 Å². The van der Waals surface area contributed by atoms with Crippen molar-refractivity contribution in [3.63, 3.8) is 0 Å². The van der Waals surface area contributed by atoms with Crippen LogP contribution in [0.3, 0.4) is 0 Å². The van der Waals surface area contributed by atoms with Gasteiger partial charge < -0.3 is 19.7 Å². The maximum absolute atomic E-state index is 11.8. The van der Waals surface area contributed by atoms with Gasteiger partial charge in [0.05, 0.1) is 7.11 Å². The highest BCUT2D eigenvalue weighted by atomic mass is 16.5. The van der Waals surface area contributed by atoms with Gasteiger partial charge in [0.1, 0.15) is 12.3 Å². The standard InChI is InChI=1S/C15H20N2O5/c1-10(15(20)17(2)3)22-13(18)9-16-14(19)11-5-7-12(21-4)8-6-11/h5-8,10H,9H2,1-4H3,(H,16,19)/t10-/m0/s1. The number of benzene rings is 1. The molecule has 120 valence electrons. The quantitative estimate of drug-likeness (QED) is 0.771. The molecule has 1 N–H and O–H groups in total. The molecular weight excluding hydrogens is 288 g/mol. The lowest BCUT2D eigenvalue weighted by atomic mass is 10.2. The van der Waals surface area contributed by atoms with Crippen molar-refractivity contribution >= 4 is 17.8 Å². The maximum atomic E-state index is 11.8. The molecule has 0 saturated carbocycles. The molecule has 0 aliphatic carbocycles. The molecule has 0 saturated heterocycles. The van der Waals surface area contributed by atoms with Crippen LogP contribution < -0.4 is 10.1 Å². The summed E-state index contributed by atoms with van der Waals surface area (Å²) >= 11 is 0. The Kier molecular flexibility index (Phi) is 6.37. The molecule has 0 aliphatic rings. The van der Waals surface area contributed by atoms with Gasteiger partial charge in [-0.3, -0.25) is 14.4 Å². The molecule has 1 aromatic carbocycles. The van der Waals surface area contributed by atoms with E-state index in [0.717, 1.165) is 0 Å². The third-order valence-corrected chi connectivity index (χ3v) is 2.84. The fraction of sp³-hybridized carbons (Fsp3) is 0.400. The number of esters is 1. The van der Waals surface area contributed by atoms with Gasteiger partial charge in [-0.2, -0.15) is 0 Å². The van der Waals surface area contributed by atoms with Gasteiger partial charge >= 0.3 is 5.97 Å². The number of rotatable bonds is 6. The number of likely N-dealkylation sites (N-methyl/N-ethyl adjacent to an activating group) is 1. The molecule has 7 heteroatoms. The number of hydrogen-bond acceptors (Lipinski definition) is 5. The lowest BCUT2D eigenvalue weighted by Crippen LogP contribution is -2.38. The van der Waals surface area contributed by atoms with Crippen LogP contribution in [-0.2, 0) is 14.3 Å². The minimum atomic E-state index is -0.889. The van der Waals surface area contributed by atoms with Crippen LogP contribution in [0.4, 0.5) is 0 Å². The predicted octanol–water partition coefficient (Wildman–Crippen LogP) is 0.445. The number of carbonyl (C=O) groups is 3. The molecule has 22 heavy (non-hydrogen) atoms. The van der Waals surface area contributed by atoms with Crippen LogP contribution >= 0.6 is 0 Å². The molecule has 0 unspecified atom stereocenters. The minimum absolute atomic E-state index is 0.310. The first-order valence-electron chi connectivity index (χ1n) is 6.68. The van der Waals surface area contributed by atoms with Crippen LogP contribution in [-0.4, -0.2) is 56.5 Å². The van der Waals surface area contributed by atoms with E-state index >= 15 is 0 Å². The molecule has 1 atom stereocenters. The Balaban J connectivity index is 2.46. The van der Waals surface area contributed by atoms with Gasteiger partial charge in [0.15, 0.2) is 6.10 Å². The SMILES string of the molecule is COc1ccc(C(=O)NCC(=O)O[C@@H](C)C(=O)N(C)C)cc1. The van der Waals surface area contributed by atoms with E-state index in [1.165, 1.54) is 18.9 Å². The van der Waals surface area contributed by atoms with Crippen molar-refractivity contribution in [3.05, 3.63) is 29.8 Å². The van der Waals surface area contributed by atoms with Crippen molar-refractivity contribution in [2.45, 2.75) is 13.0 Å². The summed E-state index contributed by atoms with van der Waals surface area (Å²) in [4.78, 5) is 36.3. The zero-order chi connectivity index (χ0) is 16.7. The van der Waals surface area contributed by atoms with Crippen molar-refractivity contribution in [1.82, 2.24) is 10.2 Å². The minimum Gasteiger partial charge on any atom is -0.497 e. The fourth-order valence-corrected chi connectivity index (χ4v) is 1.65. The molecule has 2 amide bonds. The van der Waals surface area contributed by atoms with E-state index in [1.54, 1.807) is 38.4 Å². The summed E-state index contributed by atoms with van der Waals surface area (Å²) in [6, 6.07) is 6.45. The highest BCUT2D eigenvalue weighted by Crippen LogP contribution is 2.10. The van der Waals surface area contributed by atoms with Crippen LogP contribution in [0.15, 0.2) is 24.3 Å². The number of ether oxygens (including phenoxy) is 2. The summed E-state index contributed by atoms with van der Waals surface area (Å²) in [5.41, 5.74) is 0.394. The van der Waals surface area contributed by atoms with Crippen molar-refractivity contribution < 1.29 is 23.9 Å². The monoisotopic (exact) mass is 308 g/mol. The average molecular weight is 308 g/mol. The van der Waals surface area contributed by atoms with Gasteiger partial charge in [0, 0.05) is 19.7 Å². The van der Waals surface area contributed by atoms with Crippen molar-refractivity contribution in [2.24, 2.45) is 0 Å². The Bertz CT molecular complexity index is 539. The molecule has 0 bridgehead atoms. The van der Waals surface area contributed by atoms with Crippen molar-refractivity contribution in [3.8, 4) is 5.75 Å². The largest absolute Gasteiger partial charge is 0.497 e. The second kappa shape index (κ2) is 8.02. The Labute approximate surface area is 129 Å². The second-order valence-corrected chi connectivity index (χ2v) is 4.78. The highest BCUT2D eigenvalue weighted by molar-refractivity contribution is 5.96. The molecule has 1 rings (SSSR count). The van der Waals surface area contributed by atoms with E-state index in [4.69, 9.17) is 9.47 Å². The van der Waals surface area contributed by atoms with Gasteiger partial charge in [-0.05, 0) is 31.2 Å². The lowest BCUT2D eigenvalue weighted by molar-refractivity contribution is -0.157. The second-order valence-electron chi connectivity index (χ2n) is 4.78. The maximum Gasteiger partial charge on any atom is 0.326 e. The summed E-state index contributed by atoms with van der Waals surface area (Å²) in [7, 11) is 4.66. The fourth-order valence-electron chi connectivity index (χ4n) is 1.65. The first-order valence-corrected chi connectivity index (χ1v) is 6.68. The first-order chi connectivity index (χ1) is 10.3. The molecule has 0 aliphatic heterocycles. The molecule has 0 aromatic heterocycles. The van der Waals surface area contributed by atoms with Crippen LogP contribution in [0.1, 0.15) is 17.3 Å². The Morgan fingerprint density at radius 1 is 1.18 bits per heavy atom. The molecule has 0 heterocycles. The van der Waals surface area contributed by atoms with Crippen LogP contribution in [0.2, 0.25) is 0 Å². The van der Waals surface area contributed by atoms with Gasteiger partial charge in [-0.1, -0.05) is 0 Å². The van der Waals surface area contributed by atoms with E-state index in [9.17, 15) is 14.4 Å². The summed E-state index contributed by atoms with van der Waals surface area (Å²) in [6.07, 6.45) is -0.889. The molecule has 7 nitrogen and oxygen atoms in total. The number of amides is 2.